The molecule has 7 nitrogen and oxygen atoms in total. The standard InChI is InChI=1S/C17H27N3O4S/c1-2-10-24-14(21)11-13-16(23)18-8-9-20(13)17(25)19-15(22)12-6-4-3-5-7-12/h12-13H,2-11H2,1H3,(H,18,23)(H,19,22,25). The number of ether oxygens (including phenoxy) is 1. The zero-order valence-electron chi connectivity index (χ0n) is 14.7. The summed E-state index contributed by atoms with van der Waals surface area (Å²) in [5, 5.41) is 5.73. The largest absolute Gasteiger partial charge is 0.466 e. The van der Waals surface area contributed by atoms with Crippen molar-refractivity contribution >= 4 is 35.1 Å². The van der Waals surface area contributed by atoms with Gasteiger partial charge in [-0.3, -0.25) is 14.4 Å². The van der Waals surface area contributed by atoms with Crippen LogP contribution in [0.5, 0.6) is 0 Å². The van der Waals surface area contributed by atoms with E-state index in [0.29, 0.717) is 19.7 Å². The van der Waals surface area contributed by atoms with Crippen LogP contribution in [0.3, 0.4) is 0 Å². The van der Waals surface area contributed by atoms with Crippen LogP contribution in [-0.2, 0) is 19.1 Å². The van der Waals surface area contributed by atoms with Crippen LogP contribution in [0.4, 0.5) is 0 Å². The molecule has 0 aromatic rings. The molecular weight excluding hydrogens is 342 g/mol. The highest BCUT2D eigenvalue weighted by Gasteiger charge is 2.34. The molecule has 0 aromatic heterocycles. The van der Waals surface area contributed by atoms with Gasteiger partial charge in [0.2, 0.25) is 11.8 Å². The summed E-state index contributed by atoms with van der Waals surface area (Å²) in [6.07, 6.45) is 5.69. The third kappa shape index (κ3) is 5.66. The highest BCUT2D eigenvalue weighted by Crippen LogP contribution is 2.23. The summed E-state index contributed by atoms with van der Waals surface area (Å²) >= 11 is 5.35. The van der Waals surface area contributed by atoms with Crippen molar-refractivity contribution in [3.63, 3.8) is 0 Å². The van der Waals surface area contributed by atoms with E-state index in [1.165, 1.54) is 6.42 Å². The number of esters is 1. The third-order valence-corrected chi connectivity index (χ3v) is 4.96. The Kier molecular flexibility index (Phi) is 7.61. The Balaban J connectivity index is 1.95. The van der Waals surface area contributed by atoms with Crippen LogP contribution in [0.2, 0.25) is 0 Å². The second kappa shape index (κ2) is 9.70. The third-order valence-electron chi connectivity index (χ3n) is 4.62. The molecule has 1 aliphatic heterocycles. The van der Waals surface area contributed by atoms with Gasteiger partial charge in [-0.1, -0.05) is 26.2 Å². The average molecular weight is 369 g/mol. The number of hydrogen-bond acceptors (Lipinski definition) is 5. The molecule has 2 amide bonds. The molecule has 25 heavy (non-hydrogen) atoms. The molecule has 140 valence electrons. The number of carbonyl (C=O) groups is 3. The fraction of sp³-hybridized carbons (Fsp3) is 0.765. The average Bonchev–Trinajstić information content (AvgIpc) is 2.62. The molecule has 1 saturated carbocycles. The fourth-order valence-corrected chi connectivity index (χ4v) is 3.56. The Morgan fingerprint density at radius 1 is 1.32 bits per heavy atom. The maximum Gasteiger partial charge on any atom is 0.308 e. The first-order valence-corrected chi connectivity index (χ1v) is 9.48. The van der Waals surface area contributed by atoms with Gasteiger partial charge in [0, 0.05) is 19.0 Å². The summed E-state index contributed by atoms with van der Waals surface area (Å²) in [4.78, 5) is 38.1. The smallest absolute Gasteiger partial charge is 0.308 e. The molecule has 2 fully saturated rings. The van der Waals surface area contributed by atoms with Crippen molar-refractivity contribution in [2.45, 2.75) is 57.9 Å². The van der Waals surface area contributed by atoms with E-state index in [1.807, 2.05) is 6.92 Å². The van der Waals surface area contributed by atoms with Gasteiger partial charge in [-0.15, -0.1) is 0 Å². The second-order valence-electron chi connectivity index (χ2n) is 6.55. The monoisotopic (exact) mass is 369 g/mol. The summed E-state index contributed by atoms with van der Waals surface area (Å²) in [6, 6.07) is -0.739. The van der Waals surface area contributed by atoms with Gasteiger partial charge >= 0.3 is 5.97 Å². The molecule has 1 heterocycles. The Labute approximate surface area is 153 Å². The second-order valence-corrected chi connectivity index (χ2v) is 6.94. The van der Waals surface area contributed by atoms with Crippen molar-refractivity contribution in [3.8, 4) is 0 Å². The number of piperazine rings is 1. The lowest BCUT2D eigenvalue weighted by molar-refractivity contribution is -0.147. The summed E-state index contributed by atoms with van der Waals surface area (Å²) in [6.45, 7) is 3.12. The van der Waals surface area contributed by atoms with Gasteiger partial charge in [-0.2, -0.15) is 0 Å². The van der Waals surface area contributed by atoms with E-state index in [2.05, 4.69) is 10.6 Å². The molecule has 0 bridgehead atoms. The zero-order chi connectivity index (χ0) is 18.2. The van der Waals surface area contributed by atoms with Gasteiger partial charge in [0.05, 0.1) is 13.0 Å². The molecule has 1 unspecified atom stereocenters. The minimum atomic E-state index is -0.739. The van der Waals surface area contributed by atoms with Crippen molar-refractivity contribution in [2.24, 2.45) is 5.92 Å². The molecule has 2 rings (SSSR count). The van der Waals surface area contributed by atoms with E-state index in [0.717, 1.165) is 32.1 Å². The van der Waals surface area contributed by atoms with Crippen molar-refractivity contribution in [1.29, 1.82) is 0 Å². The predicted octanol–water partition coefficient (Wildman–Crippen LogP) is 1.11. The Bertz CT molecular complexity index is 520. The molecule has 2 aliphatic rings. The van der Waals surface area contributed by atoms with E-state index in [-0.39, 0.29) is 29.3 Å². The van der Waals surface area contributed by atoms with E-state index in [9.17, 15) is 14.4 Å². The number of nitrogens with one attached hydrogen (secondary N) is 2. The summed E-state index contributed by atoms with van der Waals surface area (Å²) in [5.41, 5.74) is 0. The van der Waals surface area contributed by atoms with Gasteiger partial charge in [-0.25, -0.2) is 0 Å². The van der Waals surface area contributed by atoms with Crippen molar-refractivity contribution in [1.82, 2.24) is 15.5 Å². The van der Waals surface area contributed by atoms with Gasteiger partial charge in [0.1, 0.15) is 6.04 Å². The highest BCUT2D eigenvalue weighted by atomic mass is 32.1. The van der Waals surface area contributed by atoms with Crippen LogP contribution >= 0.6 is 12.2 Å². The summed E-state index contributed by atoms with van der Waals surface area (Å²) in [7, 11) is 0. The molecule has 0 aromatic carbocycles. The van der Waals surface area contributed by atoms with Crippen LogP contribution in [0.25, 0.3) is 0 Å². The van der Waals surface area contributed by atoms with Crippen molar-refractivity contribution < 1.29 is 19.1 Å². The molecule has 2 N–H and O–H groups in total. The normalized spacial score (nSPS) is 21.4. The molecule has 0 radical (unpaired) electrons. The van der Waals surface area contributed by atoms with Gasteiger partial charge in [-0.05, 0) is 31.5 Å². The van der Waals surface area contributed by atoms with Crippen LogP contribution in [0.15, 0.2) is 0 Å². The van der Waals surface area contributed by atoms with Gasteiger partial charge in [0.15, 0.2) is 5.11 Å². The zero-order valence-corrected chi connectivity index (χ0v) is 15.5. The minimum Gasteiger partial charge on any atom is -0.466 e. The molecule has 8 heteroatoms. The maximum atomic E-state index is 12.4. The predicted molar refractivity (Wildman–Crippen MR) is 96.7 cm³/mol. The fourth-order valence-electron chi connectivity index (χ4n) is 3.24. The first kappa shape index (κ1) is 19.6. The van der Waals surface area contributed by atoms with Crippen LogP contribution in [0.1, 0.15) is 51.9 Å². The highest BCUT2D eigenvalue weighted by molar-refractivity contribution is 7.80. The van der Waals surface area contributed by atoms with Crippen molar-refractivity contribution in [2.75, 3.05) is 19.7 Å². The number of hydrogen-bond donors (Lipinski definition) is 2. The van der Waals surface area contributed by atoms with Crippen LogP contribution in [-0.4, -0.2) is 53.5 Å². The Morgan fingerprint density at radius 3 is 2.72 bits per heavy atom. The number of nitrogens with zero attached hydrogens (tertiary/aromatic N) is 1. The van der Waals surface area contributed by atoms with Crippen LogP contribution in [0, 0.1) is 5.92 Å². The van der Waals surface area contributed by atoms with Crippen LogP contribution < -0.4 is 10.6 Å². The minimum absolute atomic E-state index is 0.0155. The molecule has 1 saturated heterocycles. The van der Waals surface area contributed by atoms with Gasteiger partial charge < -0.3 is 20.3 Å². The van der Waals surface area contributed by atoms with Gasteiger partial charge in [0.25, 0.3) is 0 Å². The van der Waals surface area contributed by atoms with E-state index in [4.69, 9.17) is 17.0 Å². The number of amides is 2. The van der Waals surface area contributed by atoms with E-state index >= 15 is 0 Å². The van der Waals surface area contributed by atoms with E-state index in [1.54, 1.807) is 4.90 Å². The molecule has 1 aliphatic carbocycles. The lowest BCUT2D eigenvalue weighted by Gasteiger charge is -2.36. The Hall–Kier alpha value is -1.70. The first-order valence-electron chi connectivity index (χ1n) is 9.07. The lowest BCUT2D eigenvalue weighted by atomic mass is 9.89. The van der Waals surface area contributed by atoms with Crippen molar-refractivity contribution in [3.05, 3.63) is 0 Å². The maximum absolute atomic E-state index is 12.4. The molecule has 0 spiro atoms. The summed E-state index contributed by atoms with van der Waals surface area (Å²) < 4.78 is 5.07. The Morgan fingerprint density at radius 2 is 2.04 bits per heavy atom. The number of carbonyl (C=O) groups excluding carboxylic acids is 3. The first-order chi connectivity index (χ1) is 12.0. The quantitative estimate of drug-likeness (QED) is 0.558. The molecule has 1 atom stereocenters. The lowest BCUT2D eigenvalue weighted by Crippen LogP contribution is -2.60. The topological polar surface area (TPSA) is 87.7 Å². The molecular formula is C17H27N3O4S. The number of rotatable bonds is 5. The van der Waals surface area contributed by atoms with E-state index < -0.39 is 12.0 Å². The number of thiocarbonyl (C=S) groups is 1. The SMILES string of the molecule is CCCOC(=O)CC1C(=O)NCCN1C(=S)NC(=O)C1CCCCC1. The summed E-state index contributed by atoms with van der Waals surface area (Å²) in [5.74, 6) is -0.800.